The molecule has 0 saturated heterocycles. The third-order valence-corrected chi connectivity index (χ3v) is 3.36. The monoisotopic (exact) mass is 315 g/mol. The maximum Gasteiger partial charge on any atom is 0.122 e. The zero-order valence-electron chi connectivity index (χ0n) is 11.3. The van der Waals surface area contributed by atoms with Gasteiger partial charge in [0.15, 0.2) is 0 Å². The Kier molecular flexibility index (Phi) is 7.32. The molecular formula is C14H22BrNO2. The van der Waals surface area contributed by atoms with E-state index in [1.54, 1.807) is 14.2 Å². The van der Waals surface area contributed by atoms with E-state index < -0.39 is 0 Å². The maximum atomic E-state index is 5.38. The van der Waals surface area contributed by atoms with E-state index in [0.717, 1.165) is 36.2 Å². The zero-order chi connectivity index (χ0) is 13.4. The van der Waals surface area contributed by atoms with Crippen LogP contribution in [0.25, 0.3) is 0 Å². The van der Waals surface area contributed by atoms with Gasteiger partial charge < -0.3 is 14.8 Å². The van der Waals surface area contributed by atoms with Gasteiger partial charge in [0.25, 0.3) is 0 Å². The van der Waals surface area contributed by atoms with E-state index in [1.165, 1.54) is 5.56 Å². The van der Waals surface area contributed by atoms with Gasteiger partial charge in [-0.25, -0.2) is 0 Å². The number of rotatable bonds is 8. The first-order valence-corrected chi connectivity index (χ1v) is 7.05. The highest BCUT2D eigenvalue weighted by molar-refractivity contribution is 9.10. The summed E-state index contributed by atoms with van der Waals surface area (Å²) in [5, 5.41) is 3.43. The first-order valence-electron chi connectivity index (χ1n) is 6.26. The Balaban J connectivity index is 2.62. The molecule has 1 atom stereocenters. The van der Waals surface area contributed by atoms with Crippen LogP contribution in [0.3, 0.4) is 0 Å². The molecule has 1 aromatic carbocycles. The second-order valence-electron chi connectivity index (χ2n) is 4.20. The number of nitrogens with one attached hydrogen (secondary N) is 1. The first kappa shape index (κ1) is 15.5. The van der Waals surface area contributed by atoms with Crippen LogP contribution in [0, 0.1) is 0 Å². The normalized spacial score (nSPS) is 12.4. The Hall–Kier alpha value is -0.580. The van der Waals surface area contributed by atoms with Gasteiger partial charge >= 0.3 is 0 Å². The Bertz CT molecular complexity index is 352. The van der Waals surface area contributed by atoms with Crippen molar-refractivity contribution in [2.24, 2.45) is 0 Å². The second kappa shape index (κ2) is 8.51. The molecular weight excluding hydrogens is 294 g/mol. The molecule has 0 radical (unpaired) electrons. The number of methoxy groups -OCH3 is 2. The van der Waals surface area contributed by atoms with E-state index in [4.69, 9.17) is 9.47 Å². The molecule has 0 saturated carbocycles. The van der Waals surface area contributed by atoms with Crippen molar-refractivity contribution < 1.29 is 9.47 Å². The summed E-state index contributed by atoms with van der Waals surface area (Å²) >= 11 is 3.50. The third-order valence-electron chi connectivity index (χ3n) is 2.87. The van der Waals surface area contributed by atoms with Crippen LogP contribution in [0.1, 0.15) is 18.9 Å². The quantitative estimate of drug-likeness (QED) is 0.800. The minimum absolute atomic E-state index is 0.392. The lowest BCUT2D eigenvalue weighted by Gasteiger charge is -2.17. The van der Waals surface area contributed by atoms with Gasteiger partial charge in [-0.2, -0.15) is 0 Å². The summed E-state index contributed by atoms with van der Waals surface area (Å²) in [4.78, 5) is 0. The molecule has 0 heterocycles. The fraction of sp³-hybridized carbons (Fsp3) is 0.571. The molecule has 0 spiro atoms. The van der Waals surface area contributed by atoms with E-state index in [9.17, 15) is 0 Å². The first-order chi connectivity index (χ1) is 8.71. The van der Waals surface area contributed by atoms with Gasteiger partial charge in [-0.05, 0) is 43.1 Å². The van der Waals surface area contributed by atoms with E-state index >= 15 is 0 Å². The number of halogens is 1. The number of benzene rings is 1. The van der Waals surface area contributed by atoms with Gasteiger partial charge in [0.05, 0.1) is 13.7 Å². The molecule has 0 aliphatic rings. The van der Waals surface area contributed by atoms with Crippen LogP contribution in [0.2, 0.25) is 0 Å². The van der Waals surface area contributed by atoms with Crippen molar-refractivity contribution in [2.45, 2.75) is 25.8 Å². The van der Waals surface area contributed by atoms with Gasteiger partial charge in [0.1, 0.15) is 5.75 Å². The van der Waals surface area contributed by atoms with E-state index in [2.05, 4.69) is 34.2 Å². The number of hydrogen-bond donors (Lipinski definition) is 1. The minimum Gasteiger partial charge on any atom is -0.496 e. The highest BCUT2D eigenvalue weighted by atomic mass is 79.9. The van der Waals surface area contributed by atoms with Crippen LogP contribution < -0.4 is 10.1 Å². The molecule has 0 fully saturated rings. The lowest BCUT2D eigenvalue weighted by atomic mass is 10.0. The van der Waals surface area contributed by atoms with Crippen molar-refractivity contribution in [3.05, 3.63) is 28.2 Å². The zero-order valence-corrected chi connectivity index (χ0v) is 12.9. The number of ether oxygens (including phenoxy) is 2. The lowest BCUT2D eigenvalue weighted by molar-refractivity contribution is 0.163. The average molecular weight is 316 g/mol. The molecule has 1 N–H and O–H groups in total. The Morgan fingerprint density at radius 3 is 2.72 bits per heavy atom. The van der Waals surface area contributed by atoms with Crippen molar-refractivity contribution in [3.63, 3.8) is 0 Å². The van der Waals surface area contributed by atoms with Crippen molar-refractivity contribution in [1.29, 1.82) is 0 Å². The predicted molar refractivity (Wildman–Crippen MR) is 78.4 cm³/mol. The van der Waals surface area contributed by atoms with Crippen molar-refractivity contribution in [2.75, 3.05) is 27.4 Å². The largest absolute Gasteiger partial charge is 0.496 e. The second-order valence-corrected chi connectivity index (χ2v) is 5.12. The van der Waals surface area contributed by atoms with E-state index in [0.29, 0.717) is 6.04 Å². The van der Waals surface area contributed by atoms with Gasteiger partial charge in [-0.1, -0.05) is 22.9 Å². The summed E-state index contributed by atoms with van der Waals surface area (Å²) in [5.74, 6) is 0.950. The van der Waals surface area contributed by atoms with Crippen molar-refractivity contribution in [1.82, 2.24) is 5.32 Å². The van der Waals surface area contributed by atoms with E-state index in [1.807, 2.05) is 12.1 Å². The van der Waals surface area contributed by atoms with Crippen LogP contribution in [0.5, 0.6) is 5.75 Å². The predicted octanol–water partition coefficient (Wildman–Crippen LogP) is 3.01. The molecule has 0 aromatic heterocycles. The summed E-state index contributed by atoms with van der Waals surface area (Å²) in [6.07, 6.45) is 2.01. The summed E-state index contributed by atoms with van der Waals surface area (Å²) in [6, 6.07) is 6.51. The van der Waals surface area contributed by atoms with Gasteiger partial charge in [-0.15, -0.1) is 0 Å². The maximum absolute atomic E-state index is 5.38. The summed E-state index contributed by atoms with van der Waals surface area (Å²) < 4.78 is 11.7. The molecule has 18 heavy (non-hydrogen) atoms. The molecule has 102 valence electrons. The topological polar surface area (TPSA) is 30.5 Å². The molecule has 0 bridgehead atoms. The average Bonchev–Trinajstić information content (AvgIpc) is 2.36. The van der Waals surface area contributed by atoms with Gasteiger partial charge in [0, 0.05) is 17.6 Å². The van der Waals surface area contributed by atoms with E-state index in [-0.39, 0.29) is 0 Å². The minimum atomic E-state index is 0.392. The number of hydrogen-bond acceptors (Lipinski definition) is 3. The fourth-order valence-corrected chi connectivity index (χ4v) is 2.41. The molecule has 1 unspecified atom stereocenters. The SMILES string of the molecule is CCNC(CCc1cc(Br)ccc1OC)COC. The lowest BCUT2D eigenvalue weighted by Crippen LogP contribution is -2.33. The summed E-state index contributed by atoms with van der Waals surface area (Å²) in [5.41, 5.74) is 1.23. The summed E-state index contributed by atoms with van der Waals surface area (Å²) in [6.45, 7) is 3.82. The molecule has 1 aromatic rings. The molecule has 0 aliphatic heterocycles. The summed E-state index contributed by atoms with van der Waals surface area (Å²) in [7, 11) is 3.45. The highest BCUT2D eigenvalue weighted by Crippen LogP contribution is 2.24. The van der Waals surface area contributed by atoms with Crippen LogP contribution in [-0.4, -0.2) is 33.4 Å². The third kappa shape index (κ3) is 4.96. The Labute approximate surface area is 118 Å². The Morgan fingerprint density at radius 2 is 2.11 bits per heavy atom. The molecule has 0 aliphatic carbocycles. The smallest absolute Gasteiger partial charge is 0.122 e. The number of likely N-dealkylation sites (N-methyl/N-ethyl adjacent to an activating group) is 1. The standard InChI is InChI=1S/C14H22BrNO2/c1-4-16-13(10-17-2)7-5-11-9-12(15)6-8-14(11)18-3/h6,8-9,13,16H,4-5,7,10H2,1-3H3. The van der Waals surface area contributed by atoms with Gasteiger partial charge in [-0.3, -0.25) is 0 Å². The molecule has 3 nitrogen and oxygen atoms in total. The van der Waals surface area contributed by atoms with Crippen LogP contribution in [0.15, 0.2) is 22.7 Å². The molecule has 4 heteroatoms. The van der Waals surface area contributed by atoms with Crippen molar-refractivity contribution >= 4 is 15.9 Å². The van der Waals surface area contributed by atoms with Crippen LogP contribution in [-0.2, 0) is 11.2 Å². The molecule has 0 amide bonds. The molecule has 1 rings (SSSR count). The highest BCUT2D eigenvalue weighted by Gasteiger charge is 2.10. The Morgan fingerprint density at radius 1 is 1.33 bits per heavy atom. The van der Waals surface area contributed by atoms with Crippen LogP contribution in [0.4, 0.5) is 0 Å². The van der Waals surface area contributed by atoms with Crippen molar-refractivity contribution in [3.8, 4) is 5.75 Å². The number of aryl methyl sites for hydroxylation is 1. The van der Waals surface area contributed by atoms with Gasteiger partial charge in [0.2, 0.25) is 0 Å². The fourth-order valence-electron chi connectivity index (χ4n) is 2.01. The van der Waals surface area contributed by atoms with Crippen LogP contribution >= 0.6 is 15.9 Å².